The van der Waals surface area contributed by atoms with Gasteiger partial charge in [-0.15, -0.1) is 24.0 Å². The van der Waals surface area contributed by atoms with E-state index in [0.717, 1.165) is 64.6 Å². The van der Waals surface area contributed by atoms with Crippen molar-refractivity contribution in [1.82, 2.24) is 25.3 Å². The topological polar surface area (TPSA) is 63.2 Å². The Labute approximate surface area is 213 Å². The standard InChI is InChI=1S/C24H46N6O.HI/c1-3-5-13-28-14-10-22(11-15-28)27-24(25-4-2)26-12-16-29-17-19-30(20-18-29)23(31)21-8-6-7-9-21;/h21-22H,3-20H2,1-2H3,(H2,25,26,27);1H. The van der Waals surface area contributed by atoms with Gasteiger partial charge in [-0.3, -0.25) is 14.7 Å². The van der Waals surface area contributed by atoms with Crippen molar-refractivity contribution in [2.75, 3.05) is 65.4 Å². The molecule has 3 rings (SSSR count). The van der Waals surface area contributed by atoms with Crippen LogP contribution >= 0.6 is 24.0 Å². The van der Waals surface area contributed by atoms with Crippen molar-refractivity contribution in [1.29, 1.82) is 0 Å². The molecule has 3 aliphatic rings. The van der Waals surface area contributed by atoms with Gasteiger partial charge in [0.25, 0.3) is 0 Å². The minimum atomic E-state index is 0. The second-order valence-electron chi connectivity index (χ2n) is 9.52. The quantitative estimate of drug-likeness (QED) is 0.257. The molecule has 2 N–H and O–H groups in total. The SMILES string of the molecule is CCCCN1CCC(NC(=NCCN2CCN(C(=O)C3CCCC3)CC2)NCC)CC1.I. The average molecular weight is 563 g/mol. The van der Waals surface area contributed by atoms with Crippen LogP contribution in [-0.2, 0) is 4.79 Å². The number of hydrogen-bond donors (Lipinski definition) is 2. The number of halogens is 1. The van der Waals surface area contributed by atoms with Gasteiger partial charge in [-0.1, -0.05) is 26.2 Å². The minimum absolute atomic E-state index is 0. The second kappa shape index (κ2) is 15.3. The van der Waals surface area contributed by atoms with Crippen molar-refractivity contribution >= 4 is 35.8 Å². The number of nitrogens with zero attached hydrogens (tertiary/aromatic N) is 4. The van der Waals surface area contributed by atoms with Crippen LogP contribution in [0.4, 0.5) is 0 Å². The lowest BCUT2D eigenvalue weighted by Crippen LogP contribution is -2.51. The van der Waals surface area contributed by atoms with Crippen LogP contribution in [0.5, 0.6) is 0 Å². The van der Waals surface area contributed by atoms with E-state index in [1.807, 2.05) is 0 Å². The number of unbranched alkanes of at least 4 members (excludes halogenated alkanes) is 1. The van der Waals surface area contributed by atoms with Crippen LogP contribution in [-0.4, -0.2) is 98.1 Å². The molecule has 1 amide bonds. The lowest BCUT2D eigenvalue weighted by atomic mass is 10.0. The van der Waals surface area contributed by atoms with Crippen molar-refractivity contribution in [3.05, 3.63) is 0 Å². The van der Waals surface area contributed by atoms with Crippen LogP contribution in [0.2, 0.25) is 0 Å². The summed E-state index contributed by atoms with van der Waals surface area (Å²) < 4.78 is 0. The van der Waals surface area contributed by atoms with Gasteiger partial charge in [0.2, 0.25) is 5.91 Å². The molecule has 1 aliphatic carbocycles. The van der Waals surface area contributed by atoms with Crippen LogP contribution in [0.1, 0.15) is 65.2 Å². The number of hydrogen-bond acceptors (Lipinski definition) is 4. The van der Waals surface area contributed by atoms with Crippen LogP contribution in [0, 0.1) is 5.92 Å². The smallest absolute Gasteiger partial charge is 0.225 e. The Kier molecular flexibility index (Phi) is 13.2. The third-order valence-electron chi connectivity index (χ3n) is 7.18. The largest absolute Gasteiger partial charge is 0.357 e. The average Bonchev–Trinajstić information content (AvgIpc) is 3.34. The van der Waals surface area contributed by atoms with Gasteiger partial charge >= 0.3 is 0 Å². The van der Waals surface area contributed by atoms with Gasteiger partial charge in [0, 0.05) is 64.3 Å². The Morgan fingerprint density at radius 2 is 1.56 bits per heavy atom. The number of piperazine rings is 1. The van der Waals surface area contributed by atoms with Crippen LogP contribution in [0.15, 0.2) is 4.99 Å². The van der Waals surface area contributed by atoms with Gasteiger partial charge < -0.3 is 20.4 Å². The normalized spacial score (nSPS) is 22.1. The van der Waals surface area contributed by atoms with Gasteiger partial charge in [-0.25, -0.2) is 0 Å². The summed E-state index contributed by atoms with van der Waals surface area (Å²) in [6.07, 6.45) is 9.66. The summed E-state index contributed by atoms with van der Waals surface area (Å²) in [6.45, 7) is 14.4. The highest BCUT2D eigenvalue weighted by Gasteiger charge is 2.29. The highest BCUT2D eigenvalue weighted by Crippen LogP contribution is 2.26. The van der Waals surface area contributed by atoms with E-state index in [1.165, 1.54) is 58.2 Å². The van der Waals surface area contributed by atoms with E-state index in [1.54, 1.807) is 0 Å². The van der Waals surface area contributed by atoms with Crippen molar-refractivity contribution in [2.45, 2.75) is 71.3 Å². The summed E-state index contributed by atoms with van der Waals surface area (Å²) >= 11 is 0. The molecule has 2 heterocycles. The first-order valence-electron chi connectivity index (χ1n) is 13.0. The molecule has 0 aromatic rings. The fourth-order valence-electron chi connectivity index (χ4n) is 5.12. The number of aliphatic imine (C=N–C) groups is 1. The zero-order chi connectivity index (χ0) is 21.9. The highest BCUT2D eigenvalue weighted by molar-refractivity contribution is 14.0. The molecule has 2 saturated heterocycles. The van der Waals surface area contributed by atoms with E-state index in [-0.39, 0.29) is 24.0 Å². The molecule has 3 fully saturated rings. The summed E-state index contributed by atoms with van der Waals surface area (Å²) in [6, 6.07) is 0.529. The first-order chi connectivity index (χ1) is 15.2. The lowest BCUT2D eigenvalue weighted by molar-refractivity contribution is -0.137. The third kappa shape index (κ3) is 8.97. The maximum absolute atomic E-state index is 12.6. The van der Waals surface area contributed by atoms with E-state index >= 15 is 0 Å². The first-order valence-corrected chi connectivity index (χ1v) is 13.0. The summed E-state index contributed by atoms with van der Waals surface area (Å²) in [4.78, 5) is 24.6. The molecule has 7 nitrogen and oxygen atoms in total. The minimum Gasteiger partial charge on any atom is -0.357 e. The Morgan fingerprint density at radius 1 is 0.906 bits per heavy atom. The predicted octanol–water partition coefficient (Wildman–Crippen LogP) is 2.76. The van der Waals surface area contributed by atoms with Crippen molar-refractivity contribution in [3.63, 3.8) is 0 Å². The molecule has 32 heavy (non-hydrogen) atoms. The van der Waals surface area contributed by atoms with Gasteiger partial charge in [-0.05, 0) is 45.6 Å². The lowest BCUT2D eigenvalue weighted by Gasteiger charge is -2.35. The summed E-state index contributed by atoms with van der Waals surface area (Å²) in [7, 11) is 0. The van der Waals surface area contributed by atoms with Crippen molar-refractivity contribution < 1.29 is 4.79 Å². The molecule has 2 aliphatic heterocycles. The Balaban J connectivity index is 0.00000363. The number of guanidine groups is 1. The van der Waals surface area contributed by atoms with E-state index in [0.29, 0.717) is 17.9 Å². The molecular weight excluding hydrogens is 515 g/mol. The van der Waals surface area contributed by atoms with Crippen LogP contribution < -0.4 is 10.6 Å². The zero-order valence-corrected chi connectivity index (χ0v) is 22.8. The number of piperidine rings is 1. The molecule has 0 unspecified atom stereocenters. The van der Waals surface area contributed by atoms with Crippen molar-refractivity contribution in [2.24, 2.45) is 10.9 Å². The molecule has 0 radical (unpaired) electrons. The Bertz CT molecular complexity index is 553. The Hall–Kier alpha value is -0.610. The predicted molar refractivity (Wildman–Crippen MR) is 144 cm³/mol. The molecular formula is C24H47IN6O. The summed E-state index contributed by atoms with van der Waals surface area (Å²) in [5, 5.41) is 7.09. The number of carbonyl (C=O) groups is 1. The maximum atomic E-state index is 12.6. The molecule has 0 spiro atoms. The van der Waals surface area contributed by atoms with Crippen LogP contribution in [0.3, 0.4) is 0 Å². The molecule has 0 aromatic heterocycles. The molecule has 186 valence electrons. The van der Waals surface area contributed by atoms with Crippen molar-refractivity contribution in [3.8, 4) is 0 Å². The van der Waals surface area contributed by atoms with Crippen LogP contribution in [0.25, 0.3) is 0 Å². The molecule has 0 aromatic carbocycles. The number of carbonyl (C=O) groups excluding carboxylic acids is 1. The molecule has 1 saturated carbocycles. The molecule has 0 bridgehead atoms. The third-order valence-corrected chi connectivity index (χ3v) is 7.18. The molecule has 8 heteroatoms. The van der Waals surface area contributed by atoms with E-state index in [4.69, 9.17) is 4.99 Å². The van der Waals surface area contributed by atoms with E-state index < -0.39 is 0 Å². The number of rotatable bonds is 9. The van der Waals surface area contributed by atoms with Gasteiger partial charge in [0.1, 0.15) is 0 Å². The zero-order valence-electron chi connectivity index (χ0n) is 20.5. The van der Waals surface area contributed by atoms with Gasteiger partial charge in [0.05, 0.1) is 6.54 Å². The first kappa shape index (κ1) is 27.6. The number of likely N-dealkylation sites (tertiary alicyclic amines) is 1. The van der Waals surface area contributed by atoms with E-state index in [9.17, 15) is 4.79 Å². The highest BCUT2D eigenvalue weighted by atomic mass is 127. The Morgan fingerprint density at radius 3 is 2.19 bits per heavy atom. The number of amides is 1. The second-order valence-corrected chi connectivity index (χ2v) is 9.52. The summed E-state index contributed by atoms with van der Waals surface area (Å²) in [5.41, 5.74) is 0. The fourth-order valence-corrected chi connectivity index (χ4v) is 5.12. The number of nitrogens with one attached hydrogen (secondary N) is 2. The summed E-state index contributed by atoms with van der Waals surface area (Å²) in [5.74, 6) is 1.68. The monoisotopic (exact) mass is 562 g/mol. The fraction of sp³-hybridized carbons (Fsp3) is 0.917. The molecule has 0 atom stereocenters. The van der Waals surface area contributed by atoms with E-state index in [2.05, 4.69) is 39.2 Å². The van der Waals surface area contributed by atoms with Gasteiger partial charge in [-0.2, -0.15) is 0 Å². The van der Waals surface area contributed by atoms with Gasteiger partial charge in [0.15, 0.2) is 5.96 Å². The maximum Gasteiger partial charge on any atom is 0.225 e.